The van der Waals surface area contributed by atoms with Gasteiger partial charge in [-0.2, -0.15) is 0 Å². The molecule has 0 radical (unpaired) electrons. The van der Waals surface area contributed by atoms with Crippen molar-refractivity contribution >= 4 is 11.9 Å². The first-order valence-electron chi connectivity index (χ1n) is 6.85. The van der Waals surface area contributed by atoms with Gasteiger partial charge in [-0.15, -0.1) is 0 Å². The number of hydrogen-bond donors (Lipinski definition) is 2. The predicted octanol–water partition coefficient (Wildman–Crippen LogP) is 0.923. The molecule has 2 aliphatic heterocycles. The van der Waals surface area contributed by atoms with Crippen molar-refractivity contribution in [2.24, 2.45) is 11.8 Å². The fourth-order valence-electron chi connectivity index (χ4n) is 3.69. The Hall–Kier alpha value is -1.10. The lowest BCUT2D eigenvalue weighted by molar-refractivity contribution is -0.148. The third kappa shape index (κ3) is 1.90. The van der Waals surface area contributed by atoms with Gasteiger partial charge in [0.25, 0.3) is 0 Å². The highest BCUT2D eigenvalue weighted by Gasteiger charge is 2.55. The van der Waals surface area contributed by atoms with Gasteiger partial charge in [0.15, 0.2) is 0 Å². The summed E-state index contributed by atoms with van der Waals surface area (Å²) in [6, 6.07) is 0.242. The lowest BCUT2D eigenvalue weighted by atomic mass is 9.78. The first kappa shape index (κ1) is 12.0. The minimum absolute atomic E-state index is 0.110. The molecule has 18 heavy (non-hydrogen) atoms. The van der Waals surface area contributed by atoms with E-state index in [9.17, 15) is 14.7 Å². The van der Waals surface area contributed by atoms with Crippen LogP contribution in [0.1, 0.15) is 38.5 Å². The molecule has 0 unspecified atom stereocenters. The Labute approximate surface area is 106 Å². The number of hydrogen-bond acceptors (Lipinski definition) is 3. The maximum Gasteiger partial charge on any atom is 0.310 e. The molecule has 100 valence electrons. The Morgan fingerprint density at radius 1 is 1.00 bits per heavy atom. The Morgan fingerprint density at radius 3 is 2.22 bits per heavy atom. The SMILES string of the molecule is O=C(O)[C@@H]1[C@H](C(=O)NC2CCCC2)[C@H]2CC[C@@H]1O2. The molecular formula is C13H19NO4. The van der Waals surface area contributed by atoms with Gasteiger partial charge in [0.05, 0.1) is 24.0 Å². The molecule has 0 aromatic heterocycles. The van der Waals surface area contributed by atoms with E-state index < -0.39 is 17.8 Å². The number of carbonyl (C=O) groups excluding carboxylic acids is 1. The number of carbonyl (C=O) groups is 2. The van der Waals surface area contributed by atoms with Crippen LogP contribution >= 0.6 is 0 Å². The standard InChI is InChI=1S/C13H19NO4/c15-12(14-7-3-1-2-4-7)10-8-5-6-9(18-8)11(10)13(16)17/h7-11H,1-6H2,(H,14,15)(H,16,17)/t8-,9+,10-,11+/m1/s1. The van der Waals surface area contributed by atoms with Crippen molar-refractivity contribution in [3.05, 3.63) is 0 Å². The van der Waals surface area contributed by atoms with E-state index in [0.29, 0.717) is 0 Å². The molecule has 5 heteroatoms. The van der Waals surface area contributed by atoms with Crippen molar-refractivity contribution in [3.63, 3.8) is 0 Å². The molecule has 1 amide bonds. The van der Waals surface area contributed by atoms with E-state index in [1.807, 2.05) is 0 Å². The Kier molecular flexibility index (Phi) is 3.01. The second kappa shape index (κ2) is 4.53. The second-order valence-electron chi connectivity index (χ2n) is 5.67. The fourth-order valence-corrected chi connectivity index (χ4v) is 3.69. The molecule has 4 atom stereocenters. The molecule has 0 aromatic carbocycles. The third-order valence-corrected chi connectivity index (χ3v) is 4.56. The molecule has 3 aliphatic rings. The third-order valence-electron chi connectivity index (χ3n) is 4.56. The van der Waals surface area contributed by atoms with E-state index in [2.05, 4.69) is 5.32 Å². The summed E-state index contributed by atoms with van der Waals surface area (Å²) < 4.78 is 5.60. The van der Waals surface area contributed by atoms with Gasteiger partial charge in [-0.25, -0.2) is 0 Å². The van der Waals surface area contributed by atoms with Gasteiger partial charge < -0.3 is 15.2 Å². The van der Waals surface area contributed by atoms with Crippen molar-refractivity contribution < 1.29 is 19.4 Å². The average Bonchev–Trinajstić information content (AvgIpc) is 3.03. The number of aliphatic carboxylic acids is 1. The summed E-state index contributed by atoms with van der Waals surface area (Å²) in [5, 5.41) is 12.3. The van der Waals surface area contributed by atoms with Gasteiger partial charge in [-0.05, 0) is 25.7 Å². The molecule has 0 aromatic rings. The minimum atomic E-state index is -0.895. The number of carboxylic acids is 1. The molecule has 2 bridgehead atoms. The molecule has 3 rings (SSSR count). The molecule has 0 spiro atoms. The topological polar surface area (TPSA) is 75.6 Å². The smallest absolute Gasteiger partial charge is 0.310 e. The van der Waals surface area contributed by atoms with Crippen LogP contribution in [-0.2, 0) is 14.3 Å². The van der Waals surface area contributed by atoms with Crippen LogP contribution in [0.5, 0.6) is 0 Å². The summed E-state index contributed by atoms with van der Waals surface area (Å²) in [7, 11) is 0. The van der Waals surface area contributed by atoms with E-state index in [1.165, 1.54) is 0 Å². The van der Waals surface area contributed by atoms with Crippen molar-refractivity contribution in [2.75, 3.05) is 0 Å². The first-order valence-corrected chi connectivity index (χ1v) is 6.85. The number of nitrogens with one attached hydrogen (secondary N) is 1. The zero-order chi connectivity index (χ0) is 12.7. The van der Waals surface area contributed by atoms with E-state index in [1.54, 1.807) is 0 Å². The molecule has 3 fully saturated rings. The van der Waals surface area contributed by atoms with Crippen LogP contribution in [0.3, 0.4) is 0 Å². The second-order valence-corrected chi connectivity index (χ2v) is 5.67. The minimum Gasteiger partial charge on any atom is -0.481 e. The molecule has 2 heterocycles. The number of rotatable bonds is 3. The molecular weight excluding hydrogens is 234 g/mol. The summed E-state index contributed by atoms with van der Waals surface area (Å²) in [6.07, 6.45) is 5.49. The molecule has 5 nitrogen and oxygen atoms in total. The van der Waals surface area contributed by atoms with Crippen LogP contribution < -0.4 is 5.32 Å². The van der Waals surface area contributed by atoms with Gasteiger partial charge in [0.1, 0.15) is 0 Å². The summed E-state index contributed by atoms with van der Waals surface area (Å²) in [5.41, 5.74) is 0. The molecule has 2 N–H and O–H groups in total. The van der Waals surface area contributed by atoms with E-state index in [4.69, 9.17) is 4.74 Å². The number of carboxylic acid groups (broad SMARTS) is 1. The van der Waals surface area contributed by atoms with Gasteiger partial charge >= 0.3 is 5.97 Å². The maximum absolute atomic E-state index is 12.3. The van der Waals surface area contributed by atoms with Crippen molar-refractivity contribution in [2.45, 2.75) is 56.8 Å². The van der Waals surface area contributed by atoms with E-state index >= 15 is 0 Å². The predicted molar refractivity (Wildman–Crippen MR) is 62.9 cm³/mol. The molecule has 1 saturated carbocycles. The van der Waals surface area contributed by atoms with Crippen LogP contribution in [0, 0.1) is 11.8 Å². The first-order chi connectivity index (χ1) is 8.66. The van der Waals surface area contributed by atoms with E-state index in [-0.39, 0.29) is 24.2 Å². The highest BCUT2D eigenvalue weighted by Crippen LogP contribution is 2.43. The van der Waals surface area contributed by atoms with Crippen LogP contribution in [0.15, 0.2) is 0 Å². The normalized spacial score (nSPS) is 39.1. The van der Waals surface area contributed by atoms with Gasteiger partial charge in [-0.3, -0.25) is 9.59 Å². The Balaban J connectivity index is 1.69. The largest absolute Gasteiger partial charge is 0.481 e. The Morgan fingerprint density at radius 2 is 1.61 bits per heavy atom. The number of amides is 1. The quantitative estimate of drug-likeness (QED) is 0.784. The monoisotopic (exact) mass is 253 g/mol. The maximum atomic E-state index is 12.3. The summed E-state index contributed by atoms with van der Waals surface area (Å²) >= 11 is 0. The lowest BCUT2D eigenvalue weighted by Gasteiger charge is -2.25. The van der Waals surface area contributed by atoms with Crippen LogP contribution in [-0.4, -0.2) is 35.2 Å². The average molecular weight is 253 g/mol. The van der Waals surface area contributed by atoms with E-state index in [0.717, 1.165) is 38.5 Å². The number of ether oxygens (including phenoxy) is 1. The van der Waals surface area contributed by atoms with Crippen molar-refractivity contribution in [1.29, 1.82) is 0 Å². The fraction of sp³-hybridized carbons (Fsp3) is 0.846. The van der Waals surface area contributed by atoms with Crippen LogP contribution in [0.4, 0.5) is 0 Å². The summed E-state index contributed by atoms with van der Waals surface area (Å²) in [4.78, 5) is 23.5. The highest BCUT2D eigenvalue weighted by molar-refractivity contribution is 5.86. The van der Waals surface area contributed by atoms with Gasteiger partial charge in [0.2, 0.25) is 5.91 Å². The molecule has 2 saturated heterocycles. The van der Waals surface area contributed by atoms with Crippen molar-refractivity contribution in [1.82, 2.24) is 5.32 Å². The summed E-state index contributed by atoms with van der Waals surface area (Å²) in [5.74, 6) is -2.14. The van der Waals surface area contributed by atoms with Crippen molar-refractivity contribution in [3.8, 4) is 0 Å². The molecule has 1 aliphatic carbocycles. The van der Waals surface area contributed by atoms with Gasteiger partial charge in [0, 0.05) is 6.04 Å². The lowest BCUT2D eigenvalue weighted by Crippen LogP contribution is -2.46. The number of fused-ring (bicyclic) bond motifs is 2. The highest BCUT2D eigenvalue weighted by atomic mass is 16.5. The zero-order valence-electron chi connectivity index (χ0n) is 10.3. The summed E-state index contributed by atoms with van der Waals surface area (Å²) in [6.45, 7) is 0. The van der Waals surface area contributed by atoms with Crippen LogP contribution in [0.2, 0.25) is 0 Å². The zero-order valence-corrected chi connectivity index (χ0v) is 10.3. The van der Waals surface area contributed by atoms with Crippen LogP contribution in [0.25, 0.3) is 0 Å². The van der Waals surface area contributed by atoms with Gasteiger partial charge in [-0.1, -0.05) is 12.8 Å². The Bertz CT molecular complexity index is 364.